The minimum absolute atomic E-state index is 0.819. The highest BCUT2D eigenvalue weighted by Gasteiger charge is 2.12. The Morgan fingerprint density at radius 3 is 2.50 bits per heavy atom. The van der Waals surface area contributed by atoms with Gasteiger partial charge in [0.1, 0.15) is 11.6 Å². The van der Waals surface area contributed by atoms with Crippen molar-refractivity contribution in [3.8, 4) is 22.8 Å². The van der Waals surface area contributed by atoms with Gasteiger partial charge in [-0.05, 0) is 6.07 Å². The van der Waals surface area contributed by atoms with Gasteiger partial charge in [-0.2, -0.15) is 0 Å². The normalized spacial score (nSPS) is 11.0. The first-order chi connectivity index (χ1) is 9.92. The maximum absolute atomic E-state index is 4.62. The van der Waals surface area contributed by atoms with Crippen LogP contribution in [0, 0.1) is 0 Å². The number of H-pyrrole nitrogens is 2. The Balaban J connectivity index is 1.94. The molecule has 0 atom stereocenters. The standard InChI is InChI=1S/C15H11N5/c1-2-4-11(10(3-1)14-17-7-8-18-14)15-19-12-5-6-16-9-13(12)20-15/h1-9H,(H,17,18)(H,19,20). The lowest BCUT2D eigenvalue weighted by Crippen LogP contribution is -1.88. The molecule has 1 aromatic carbocycles. The number of nitrogens with zero attached hydrogens (tertiary/aromatic N) is 3. The molecule has 0 fully saturated rings. The summed E-state index contributed by atoms with van der Waals surface area (Å²) in [7, 11) is 0. The minimum atomic E-state index is 0.819. The number of benzene rings is 1. The second-order valence-electron chi connectivity index (χ2n) is 4.46. The van der Waals surface area contributed by atoms with E-state index in [1.807, 2.05) is 36.5 Å². The summed E-state index contributed by atoms with van der Waals surface area (Å²) in [6.45, 7) is 0. The van der Waals surface area contributed by atoms with Crippen molar-refractivity contribution < 1.29 is 0 Å². The van der Waals surface area contributed by atoms with Crippen molar-refractivity contribution >= 4 is 11.0 Å². The van der Waals surface area contributed by atoms with E-state index in [9.17, 15) is 0 Å². The molecule has 0 aliphatic carbocycles. The summed E-state index contributed by atoms with van der Waals surface area (Å²) >= 11 is 0. The first kappa shape index (κ1) is 10.9. The van der Waals surface area contributed by atoms with Crippen LogP contribution in [0.4, 0.5) is 0 Å². The lowest BCUT2D eigenvalue weighted by molar-refractivity contribution is 1.28. The summed E-state index contributed by atoms with van der Waals surface area (Å²) in [6, 6.07) is 9.94. The van der Waals surface area contributed by atoms with Crippen LogP contribution in [0.5, 0.6) is 0 Å². The lowest BCUT2D eigenvalue weighted by Gasteiger charge is -2.04. The van der Waals surface area contributed by atoms with Crippen LogP contribution in [-0.4, -0.2) is 24.9 Å². The van der Waals surface area contributed by atoms with Crippen molar-refractivity contribution in [2.24, 2.45) is 0 Å². The maximum atomic E-state index is 4.62. The molecule has 0 unspecified atom stereocenters. The number of rotatable bonds is 2. The van der Waals surface area contributed by atoms with Crippen LogP contribution in [0.3, 0.4) is 0 Å². The molecule has 4 rings (SSSR count). The van der Waals surface area contributed by atoms with Gasteiger partial charge < -0.3 is 9.97 Å². The van der Waals surface area contributed by atoms with Crippen molar-refractivity contribution in [3.05, 3.63) is 55.1 Å². The van der Waals surface area contributed by atoms with Crippen molar-refractivity contribution in [2.45, 2.75) is 0 Å². The molecule has 3 aromatic heterocycles. The Labute approximate surface area is 114 Å². The highest BCUT2D eigenvalue weighted by atomic mass is 14.9. The van der Waals surface area contributed by atoms with E-state index in [2.05, 4.69) is 24.9 Å². The first-order valence-electron chi connectivity index (χ1n) is 6.31. The molecule has 0 aliphatic heterocycles. The predicted molar refractivity (Wildman–Crippen MR) is 76.9 cm³/mol. The molecular weight excluding hydrogens is 250 g/mol. The molecule has 0 spiro atoms. The Morgan fingerprint density at radius 1 is 0.900 bits per heavy atom. The summed E-state index contributed by atoms with van der Waals surface area (Å²) in [6.07, 6.45) is 7.08. The van der Waals surface area contributed by atoms with E-state index in [1.54, 1.807) is 18.6 Å². The fourth-order valence-electron chi connectivity index (χ4n) is 2.29. The highest BCUT2D eigenvalue weighted by Crippen LogP contribution is 2.29. The monoisotopic (exact) mass is 261 g/mol. The van der Waals surface area contributed by atoms with Crippen LogP contribution in [0.25, 0.3) is 33.8 Å². The Hall–Kier alpha value is -2.95. The fraction of sp³-hybridized carbons (Fsp3) is 0. The SMILES string of the molecule is c1ccc(-c2nc3ccncc3[nH]2)c(-c2ncc[nH]2)c1. The van der Waals surface area contributed by atoms with Crippen molar-refractivity contribution in [3.63, 3.8) is 0 Å². The van der Waals surface area contributed by atoms with Crippen molar-refractivity contribution in [1.29, 1.82) is 0 Å². The van der Waals surface area contributed by atoms with Gasteiger partial charge in [0, 0.05) is 29.7 Å². The van der Waals surface area contributed by atoms with Gasteiger partial charge in [-0.1, -0.05) is 24.3 Å². The zero-order chi connectivity index (χ0) is 13.4. The van der Waals surface area contributed by atoms with E-state index >= 15 is 0 Å². The van der Waals surface area contributed by atoms with Crippen LogP contribution in [0.15, 0.2) is 55.1 Å². The molecule has 0 bridgehead atoms. The molecule has 4 aromatic rings. The summed E-state index contributed by atoms with van der Waals surface area (Å²) in [5.41, 5.74) is 3.86. The van der Waals surface area contributed by atoms with E-state index in [4.69, 9.17) is 0 Å². The third kappa shape index (κ3) is 1.68. The molecule has 5 nitrogen and oxygen atoms in total. The smallest absolute Gasteiger partial charge is 0.139 e. The minimum Gasteiger partial charge on any atom is -0.345 e. The van der Waals surface area contributed by atoms with E-state index < -0.39 is 0 Å². The fourth-order valence-corrected chi connectivity index (χ4v) is 2.29. The number of hydrogen-bond donors (Lipinski definition) is 2. The molecule has 20 heavy (non-hydrogen) atoms. The number of hydrogen-bond acceptors (Lipinski definition) is 3. The quantitative estimate of drug-likeness (QED) is 0.582. The number of fused-ring (bicyclic) bond motifs is 1. The zero-order valence-corrected chi connectivity index (χ0v) is 10.5. The lowest BCUT2D eigenvalue weighted by atomic mass is 10.1. The predicted octanol–water partition coefficient (Wildman–Crippen LogP) is 3.01. The molecule has 0 saturated heterocycles. The number of nitrogens with one attached hydrogen (secondary N) is 2. The van der Waals surface area contributed by atoms with E-state index in [-0.39, 0.29) is 0 Å². The Kier molecular flexibility index (Phi) is 2.35. The maximum Gasteiger partial charge on any atom is 0.139 e. The average molecular weight is 261 g/mol. The molecule has 0 amide bonds. The zero-order valence-electron chi connectivity index (χ0n) is 10.5. The highest BCUT2D eigenvalue weighted by molar-refractivity contribution is 5.83. The van der Waals surface area contributed by atoms with Gasteiger partial charge in [-0.25, -0.2) is 9.97 Å². The molecule has 0 saturated carbocycles. The second kappa shape index (κ2) is 4.31. The second-order valence-corrected chi connectivity index (χ2v) is 4.46. The molecule has 0 radical (unpaired) electrons. The van der Waals surface area contributed by atoms with E-state index in [0.29, 0.717) is 0 Å². The van der Waals surface area contributed by atoms with Crippen LogP contribution >= 0.6 is 0 Å². The van der Waals surface area contributed by atoms with Gasteiger partial charge in [-0.15, -0.1) is 0 Å². The molecular formula is C15H11N5. The molecule has 0 aliphatic rings. The molecule has 2 N–H and O–H groups in total. The van der Waals surface area contributed by atoms with Gasteiger partial charge >= 0.3 is 0 Å². The van der Waals surface area contributed by atoms with Gasteiger partial charge in [0.05, 0.1) is 17.2 Å². The third-order valence-electron chi connectivity index (χ3n) is 3.22. The topological polar surface area (TPSA) is 70.2 Å². The van der Waals surface area contributed by atoms with Crippen molar-refractivity contribution in [2.75, 3.05) is 0 Å². The first-order valence-corrected chi connectivity index (χ1v) is 6.31. The third-order valence-corrected chi connectivity index (χ3v) is 3.22. The van der Waals surface area contributed by atoms with Crippen LogP contribution < -0.4 is 0 Å². The Morgan fingerprint density at radius 2 is 1.75 bits per heavy atom. The van der Waals surface area contributed by atoms with Gasteiger partial charge in [0.25, 0.3) is 0 Å². The summed E-state index contributed by atoms with van der Waals surface area (Å²) in [5.74, 6) is 1.65. The van der Waals surface area contributed by atoms with Crippen LogP contribution in [0.2, 0.25) is 0 Å². The molecule has 3 heterocycles. The van der Waals surface area contributed by atoms with Crippen molar-refractivity contribution in [1.82, 2.24) is 24.9 Å². The van der Waals surface area contributed by atoms with E-state index in [1.165, 1.54) is 0 Å². The summed E-state index contributed by atoms with van der Waals surface area (Å²) in [5, 5.41) is 0. The summed E-state index contributed by atoms with van der Waals surface area (Å²) < 4.78 is 0. The van der Waals surface area contributed by atoms with Gasteiger partial charge in [-0.3, -0.25) is 4.98 Å². The van der Waals surface area contributed by atoms with E-state index in [0.717, 1.165) is 33.8 Å². The van der Waals surface area contributed by atoms with Gasteiger partial charge in [0.2, 0.25) is 0 Å². The van der Waals surface area contributed by atoms with Gasteiger partial charge in [0.15, 0.2) is 0 Å². The number of aromatic amines is 2. The van der Waals surface area contributed by atoms with Crippen LogP contribution in [0.1, 0.15) is 0 Å². The number of aromatic nitrogens is 5. The Bertz CT molecular complexity index is 828. The molecule has 5 heteroatoms. The molecule has 96 valence electrons. The number of pyridine rings is 1. The summed E-state index contributed by atoms with van der Waals surface area (Å²) in [4.78, 5) is 19.5. The number of imidazole rings is 2. The average Bonchev–Trinajstić information content (AvgIpc) is 3.16. The largest absolute Gasteiger partial charge is 0.345 e. The van der Waals surface area contributed by atoms with Crippen LogP contribution in [-0.2, 0) is 0 Å².